The number of carbonyl (C=O) groups is 3. The van der Waals surface area contributed by atoms with Gasteiger partial charge in [-0.2, -0.15) is 0 Å². The minimum Gasteiger partial charge on any atom is -0.479 e. The van der Waals surface area contributed by atoms with Crippen LogP contribution in [-0.4, -0.2) is 40.0 Å². The van der Waals surface area contributed by atoms with Gasteiger partial charge in [0.1, 0.15) is 6.04 Å². The van der Waals surface area contributed by atoms with Crippen molar-refractivity contribution in [3.05, 3.63) is 60.2 Å². The van der Waals surface area contributed by atoms with Crippen LogP contribution in [0.4, 0.5) is 0 Å². The van der Waals surface area contributed by atoms with Gasteiger partial charge < -0.3 is 15.5 Å². The van der Waals surface area contributed by atoms with E-state index in [0.717, 1.165) is 18.1 Å². The number of ketones is 1. The molecule has 2 aromatic carbocycles. The summed E-state index contributed by atoms with van der Waals surface area (Å²) in [6.45, 7) is 1.15. The molecule has 0 radical (unpaired) electrons. The van der Waals surface area contributed by atoms with E-state index in [1.54, 1.807) is 12.1 Å². The van der Waals surface area contributed by atoms with Gasteiger partial charge in [-0.15, -0.1) is 0 Å². The molecule has 1 amide bonds. The smallest absolute Gasteiger partial charge is 0.335 e. The molecule has 124 valence electrons. The molecule has 2 atom stereocenters. The molecule has 3 N–H and O–H groups in total. The second kappa shape index (κ2) is 7.52. The van der Waals surface area contributed by atoms with Gasteiger partial charge in [-0.3, -0.25) is 9.59 Å². The summed E-state index contributed by atoms with van der Waals surface area (Å²) in [6.07, 6.45) is -2.02. The molecule has 0 bridgehead atoms. The molecule has 0 aliphatic heterocycles. The number of hydrogen-bond acceptors (Lipinski definition) is 4. The summed E-state index contributed by atoms with van der Waals surface area (Å²) in [6, 6.07) is 14.5. The molecule has 24 heavy (non-hydrogen) atoms. The third kappa shape index (κ3) is 4.05. The van der Waals surface area contributed by atoms with Gasteiger partial charge in [0.25, 0.3) is 0 Å². The van der Waals surface area contributed by atoms with Crippen LogP contribution in [0.25, 0.3) is 11.1 Å². The molecule has 0 spiro atoms. The molecule has 2 rings (SSSR count). The van der Waals surface area contributed by atoms with Crippen LogP contribution in [0.3, 0.4) is 0 Å². The Morgan fingerprint density at radius 3 is 1.96 bits per heavy atom. The van der Waals surface area contributed by atoms with Gasteiger partial charge in [-0.25, -0.2) is 4.79 Å². The fraction of sp³-hybridized carbons (Fsp3) is 0.167. The maximum absolute atomic E-state index is 12.4. The highest BCUT2D eigenvalue weighted by molar-refractivity contribution is 6.04. The van der Waals surface area contributed by atoms with Crippen LogP contribution in [0.15, 0.2) is 54.6 Å². The zero-order chi connectivity index (χ0) is 17.7. The lowest BCUT2D eigenvalue weighted by atomic mass is 9.97. The fourth-order valence-corrected chi connectivity index (χ4v) is 2.29. The summed E-state index contributed by atoms with van der Waals surface area (Å²) >= 11 is 0. The normalized spacial score (nSPS) is 12.9. The third-order valence-electron chi connectivity index (χ3n) is 3.49. The maximum Gasteiger partial charge on any atom is 0.335 e. The zero-order valence-electron chi connectivity index (χ0n) is 13.0. The number of carbonyl (C=O) groups excluding carboxylic acids is 2. The van der Waals surface area contributed by atoms with Crippen LogP contribution >= 0.6 is 0 Å². The largest absolute Gasteiger partial charge is 0.479 e. The van der Waals surface area contributed by atoms with Gasteiger partial charge in [0, 0.05) is 12.5 Å². The van der Waals surface area contributed by atoms with Crippen LogP contribution in [0.5, 0.6) is 0 Å². The van der Waals surface area contributed by atoms with Crippen LogP contribution in [0.1, 0.15) is 17.3 Å². The van der Waals surface area contributed by atoms with Crippen molar-refractivity contribution in [2.75, 3.05) is 0 Å². The van der Waals surface area contributed by atoms with Crippen LogP contribution in [0.2, 0.25) is 0 Å². The summed E-state index contributed by atoms with van der Waals surface area (Å²) in [5.41, 5.74) is 2.07. The first kappa shape index (κ1) is 17.4. The second-order valence-electron chi connectivity index (χ2n) is 5.27. The number of carboxylic acids is 1. The number of carboxylic acid groups (broad SMARTS) is 1. The van der Waals surface area contributed by atoms with Gasteiger partial charge in [0.2, 0.25) is 5.91 Å². The summed E-state index contributed by atoms with van der Waals surface area (Å²) in [4.78, 5) is 34.6. The molecule has 0 aromatic heterocycles. The lowest BCUT2D eigenvalue weighted by Gasteiger charge is -2.19. The first-order chi connectivity index (χ1) is 11.4. The number of amides is 1. The number of hydrogen-bond donors (Lipinski definition) is 3. The van der Waals surface area contributed by atoms with Gasteiger partial charge >= 0.3 is 5.97 Å². The molecule has 6 heteroatoms. The molecule has 0 saturated heterocycles. The van der Waals surface area contributed by atoms with E-state index >= 15 is 0 Å². The number of aliphatic hydroxyl groups excluding tert-OH is 1. The minimum atomic E-state index is -2.02. The molecule has 0 saturated carbocycles. The Hall–Kier alpha value is -2.99. The highest BCUT2D eigenvalue weighted by atomic mass is 16.4. The van der Waals surface area contributed by atoms with E-state index < -0.39 is 29.8 Å². The first-order valence-electron chi connectivity index (χ1n) is 7.28. The van der Waals surface area contributed by atoms with E-state index in [1.807, 2.05) is 30.3 Å². The van der Waals surface area contributed by atoms with Crippen LogP contribution < -0.4 is 5.32 Å². The average molecular weight is 327 g/mol. The minimum absolute atomic E-state index is 0.203. The fourth-order valence-electron chi connectivity index (χ4n) is 2.29. The van der Waals surface area contributed by atoms with Gasteiger partial charge in [-0.05, 0) is 11.1 Å². The van der Waals surface area contributed by atoms with Crippen molar-refractivity contribution < 1.29 is 24.6 Å². The Kier molecular flexibility index (Phi) is 5.44. The molecule has 6 nitrogen and oxygen atoms in total. The van der Waals surface area contributed by atoms with E-state index in [0.29, 0.717) is 0 Å². The summed E-state index contributed by atoms with van der Waals surface area (Å²) in [5.74, 6) is -2.85. The van der Waals surface area contributed by atoms with E-state index in [9.17, 15) is 19.5 Å². The second-order valence-corrected chi connectivity index (χ2v) is 5.27. The number of rotatable bonds is 6. The summed E-state index contributed by atoms with van der Waals surface area (Å²) in [7, 11) is 0. The quantitative estimate of drug-likeness (QED) is 0.697. The summed E-state index contributed by atoms with van der Waals surface area (Å²) in [5, 5.41) is 20.8. The van der Waals surface area contributed by atoms with E-state index in [2.05, 4.69) is 5.32 Å². The van der Waals surface area contributed by atoms with E-state index in [1.165, 1.54) is 12.1 Å². The third-order valence-corrected chi connectivity index (χ3v) is 3.49. The van der Waals surface area contributed by atoms with E-state index in [-0.39, 0.29) is 5.56 Å². The molecule has 0 heterocycles. The van der Waals surface area contributed by atoms with Crippen molar-refractivity contribution in [3.8, 4) is 11.1 Å². The molecule has 0 fully saturated rings. The molecule has 2 unspecified atom stereocenters. The standard InChI is InChI=1S/C18H17NO5/c1-11(20)19-15(17(22)18(23)24)16(21)14-9-7-13(8-10-14)12-5-3-2-4-6-12/h2-10,15,17,22H,1H3,(H,19,20)(H,23,24). The predicted octanol–water partition coefficient (Wildman–Crippen LogP) is 1.49. The van der Waals surface area contributed by atoms with Crippen molar-refractivity contribution in [1.82, 2.24) is 5.32 Å². The van der Waals surface area contributed by atoms with Crippen molar-refractivity contribution >= 4 is 17.7 Å². The highest BCUT2D eigenvalue weighted by Gasteiger charge is 2.33. The highest BCUT2D eigenvalue weighted by Crippen LogP contribution is 2.20. The van der Waals surface area contributed by atoms with Crippen molar-refractivity contribution in [1.29, 1.82) is 0 Å². The molecular formula is C18H17NO5. The van der Waals surface area contributed by atoms with Crippen LogP contribution in [0, 0.1) is 0 Å². The number of nitrogens with one attached hydrogen (secondary N) is 1. The number of Topliss-reactive ketones (excluding diaryl/α,β-unsaturated/α-hetero) is 1. The average Bonchev–Trinajstić information content (AvgIpc) is 2.59. The lowest BCUT2D eigenvalue weighted by molar-refractivity contribution is -0.147. The molecule has 2 aromatic rings. The zero-order valence-corrected chi connectivity index (χ0v) is 13.0. The summed E-state index contributed by atoms with van der Waals surface area (Å²) < 4.78 is 0. The Morgan fingerprint density at radius 1 is 0.917 bits per heavy atom. The Balaban J connectivity index is 2.26. The van der Waals surface area contributed by atoms with Gasteiger partial charge in [0.05, 0.1) is 0 Å². The first-order valence-corrected chi connectivity index (χ1v) is 7.28. The Morgan fingerprint density at radius 2 is 1.46 bits per heavy atom. The predicted molar refractivity (Wildman–Crippen MR) is 87.5 cm³/mol. The van der Waals surface area contributed by atoms with Crippen molar-refractivity contribution in [2.45, 2.75) is 19.1 Å². The molecule has 0 aliphatic carbocycles. The molecule has 0 aliphatic rings. The van der Waals surface area contributed by atoms with Gasteiger partial charge in [0.15, 0.2) is 11.9 Å². The number of aliphatic hydroxyl groups is 1. The topological polar surface area (TPSA) is 104 Å². The lowest BCUT2D eigenvalue weighted by Crippen LogP contribution is -2.51. The van der Waals surface area contributed by atoms with E-state index in [4.69, 9.17) is 5.11 Å². The number of aliphatic carboxylic acids is 1. The monoisotopic (exact) mass is 327 g/mol. The van der Waals surface area contributed by atoms with Gasteiger partial charge in [-0.1, -0.05) is 54.6 Å². The van der Waals surface area contributed by atoms with Crippen molar-refractivity contribution in [3.63, 3.8) is 0 Å². The maximum atomic E-state index is 12.4. The van der Waals surface area contributed by atoms with Crippen LogP contribution in [-0.2, 0) is 9.59 Å². The molecular weight excluding hydrogens is 310 g/mol. The Bertz CT molecular complexity index is 740. The van der Waals surface area contributed by atoms with Crippen molar-refractivity contribution in [2.24, 2.45) is 0 Å². The Labute approximate surface area is 138 Å². The number of benzene rings is 2. The SMILES string of the molecule is CC(=O)NC(C(=O)c1ccc(-c2ccccc2)cc1)C(O)C(=O)O.